The summed E-state index contributed by atoms with van der Waals surface area (Å²) in [4.78, 5) is 24.9. The van der Waals surface area contributed by atoms with E-state index in [1.165, 1.54) is 32.0 Å². The molecule has 0 spiro atoms. The molecule has 0 fully saturated rings. The number of nitrogens with one attached hydrogen (secondary N) is 2. The number of rotatable bonds is 5. The molecule has 0 bridgehead atoms. The predicted molar refractivity (Wildman–Crippen MR) is 93.2 cm³/mol. The van der Waals surface area contributed by atoms with E-state index < -0.39 is 23.0 Å². The first-order valence-electron chi connectivity index (χ1n) is 8.11. The number of carbonyl (C=O) groups is 2. The van der Waals surface area contributed by atoms with Crippen LogP contribution in [0, 0.1) is 11.2 Å². The molecule has 0 saturated carbocycles. The fourth-order valence-electron chi connectivity index (χ4n) is 2.40. The highest BCUT2D eigenvalue weighted by Crippen LogP contribution is 2.32. The molecule has 2 N–H and O–H groups in total. The lowest BCUT2D eigenvalue weighted by Crippen LogP contribution is -2.45. The number of ether oxygens (including phenoxy) is 2. The molecule has 1 aliphatic rings. The first kappa shape index (κ1) is 17.7. The Morgan fingerprint density at radius 2 is 1.81 bits per heavy atom. The van der Waals surface area contributed by atoms with Gasteiger partial charge in [0.05, 0.1) is 5.69 Å². The van der Waals surface area contributed by atoms with Gasteiger partial charge in [-0.15, -0.1) is 0 Å². The SMILES string of the molecule is CC(C)(C(=O)NCc1ccc2c(c1)OCO2)C(=O)Nc1ccccc1F. The molecule has 0 aliphatic carbocycles. The maximum Gasteiger partial charge on any atom is 0.239 e. The van der Waals surface area contributed by atoms with Crippen LogP contribution in [-0.4, -0.2) is 18.6 Å². The summed E-state index contributed by atoms with van der Waals surface area (Å²) in [5.41, 5.74) is -0.527. The molecule has 1 heterocycles. The number of para-hydroxylation sites is 1. The van der Waals surface area contributed by atoms with Gasteiger partial charge in [0, 0.05) is 6.54 Å². The number of carbonyl (C=O) groups excluding carboxylic acids is 2. The van der Waals surface area contributed by atoms with Crippen molar-refractivity contribution < 1.29 is 23.5 Å². The van der Waals surface area contributed by atoms with E-state index in [2.05, 4.69) is 10.6 Å². The molecule has 2 aromatic rings. The van der Waals surface area contributed by atoms with E-state index in [0.29, 0.717) is 11.5 Å². The summed E-state index contributed by atoms with van der Waals surface area (Å²) < 4.78 is 24.2. The first-order valence-corrected chi connectivity index (χ1v) is 8.11. The fourth-order valence-corrected chi connectivity index (χ4v) is 2.40. The van der Waals surface area contributed by atoms with E-state index >= 15 is 0 Å². The average Bonchev–Trinajstić information content (AvgIpc) is 3.09. The summed E-state index contributed by atoms with van der Waals surface area (Å²) in [5, 5.41) is 5.17. The van der Waals surface area contributed by atoms with Gasteiger partial charge >= 0.3 is 0 Å². The van der Waals surface area contributed by atoms with Crippen LogP contribution in [0.3, 0.4) is 0 Å². The largest absolute Gasteiger partial charge is 0.454 e. The number of amides is 2. The second-order valence-electron chi connectivity index (χ2n) is 6.43. The Bertz CT molecular complexity index is 851. The van der Waals surface area contributed by atoms with Crippen LogP contribution in [0.2, 0.25) is 0 Å². The van der Waals surface area contributed by atoms with Crippen LogP contribution in [0.4, 0.5) is 10.1 Å². The number of halogens is 1. The maximum absolute atomic E-state index is 13.7. The fraction of sp³-hybridized carbons (Fsp3) is 0.263. The van der Waals surface area contributed by atoms with Crippen molar-refractivity contribution in [3.05, 3.63) is 53.8 Å². The topological polar surface area (TPSA) is 76.7 Å². The third-order valence-electron chi connectivity index (χ3n) is 4.15. The summed E-state index contributed by atoms with van der Waals surface area (Å²) in [6, 6.07) is 11.1. The van der Waals surface area contributed by atoms with Gasteiger partial charge in [-0.3, -0.25) is 9.59 Å². The van der Waals surface area contributed by atoms with Gasteiger partial charge in [-0.2, -0.15) is 0 Å². The molecule has 3 rings (SSSR count). The van der Waals surface area contributed by atoms with E-state index in [4.69, 9.17) is 9.47 Å². The average molecular weight is 358 g/mol. The van der Waals surface area contributed by atoms with Crippen molar-refractivity contribution in [2.45, 2.75) is 20.4 Å². The van der Waals surface area contributed by atoms with Crippen LogP contribution in [-0.2, 0) is 16.1 Å². The summed E-state index contributed by atoms with van der Waals surface area (Å²) >= 11 is 0. The predicted octanol–water partition coefficient (Wildman–Crippen LogP) is 2.84. The highest BCUT2D eigenvalue weighted by molar-refractivity contribution is 6.09. The molecule has 6 nitrogen and oxygen atoms in total. The number of hydrogen-bond acceptors (Lipinski definition) is 4. The normalized spacial score (nSPS) is 12.6. The van der Waals surface area contributed by atoms with Gasteiger partial charge in [0.15, 0.2) is 11.5 Å². The number of anilines is 1. The van der Waals surface area contributed by atoms with Gasteiger partial charge in [0.25, 0.3) is 0 Å². The molecule has 0 saturated heterocycles. The van der Waals surface area contributed by atoms with E-state index in [9.17, 15) is 14.0 Å². The molecule has 1 aliphatic heterocycles. The third-order valence-corrected chi connectivity index (χ3v) is 4.15. The molecule has 2 amide bonds. The summed E-state index contributed by atoms with van der Waals surface area (Å²) in [6.45, 7) is 3.37. The lowest BCUT2D eigenvalue weighted by molar-refractivity contribution is -0.138. The van der Waals surface area contributed by atoms with Gasteiger partial charge in [0.2, 0.25) is 18.6 Å². The monoisotopic (exact) mass is 358 g/mol. The Kier molecular flexibility index (Phi) is 4.79. The highest BCUT2D eigenvalue weighted by atomic mass is 19.1. The van der Waals surface area contributed by atoms with Gasteiger partial charge in [-0.05, 0) is 43.7 Å². The minimum Gasteiger partial charge on any atom is -0.454 e. The quantitative estimate of drug-likeness (QED) is 0.806. The molecule has 0 atom stereocenters. The van der Waals surface area contributed by atoms with E-state index in [1.54, 1.807) is 24.3 Å². The summed E-state index contributed by atoms with van der Waals surface area (Å²) in [7, 11) is 0. The van der Waals surface area contributed by atoms with Crippen LogP contribution < -0.4 is 20.1 Å². The van der Waals surface area contributed by atoms with Crippen molar-refractivity contribution in [3.8, 4) is 11.5 Å². The Hall–Kier alpha value is -3.09. The van der Waals surface area contributed by atoms with Crippen molar-refractivity contribution in [2.75, 3.05) is 12.1 Å². The zero-order chi connectivity index (χ0) is 18.7. The zero-order valence-corrected chi connectivity index (χ0v) is 14.5. The molecule has 26 heavy (non-hydrogen) atoms. The second kappa shape index (κ2) is 7.03. The second-order valence-corrected chi connectivity index (χ2v) is 6.43. The first-order chi connectivity index (χ1) is 12.4. The number of hydrogen-bond donors (Lipinski definition) is 2. The van der Waals surface area contributed by atoms with Gasteiger partial charge in [0.1, 0.15) is 11.2 Å². The van der Waals surface area contributed by atoms with Gasteiger partial charge in [-0.25, -0.2) is 4.39 Å². The van der Waals surface area contributed by atoms with Crippen LogP contribution >= 0.6 is 0 Å². The molecule has 0 radical (unpaired) electrons. The third kappa shape index (κ3) is 3.61. The molecule has 2 aromatic carbocycles. The van der Waals surface area contributed by atoms with Crippen LogP contribution in [0.25, 0.3) is 0 Å². The van der Waals surface area contributed by atoms with E-state index in [0.717, 1.165) is 5.56 Å². The summed E-state index contributed by atoms with van der Waals surface area (Å²) in [6.07, 6.45) is 0. The molecule has 7 heteroatoms. The lowest BCUT2D eigenvalue weighted by atomic mass is 9.90. The number of benzene rings is 2. The lowest BCUT2D eigenvalue weighted by Gasteiger charge is -2.23. The van der Waals surface area contributed by atoms with Crippen molar-refractivity contribution in [3.63, 3.8) is 0 Å². The highest BCUT2D eigenvalue weighted by Gasteiger charge is 2.36. The smallest absolute Gasteiger partial charge is 0.239 e. The van der Waals surface area contributed by atoms with E-state index in [1.807, 2.05) is 0 Å². The molecule has 0 unspecified atom stereocenters. The standard InChI is InChI=1S/C19H19FN2O4/c1-19(2,18(24)22-14-6-4-3-5-13(14)20)17(23)21-10-12-7-8-15-16(9-12)26-11-25-15/h3-9H,10-11H2,1-2H3,(H,21,23)(H,22,24). The molecule has 0 aromatic heterocycles. The van der Waals surface area contributed by atoms with E-state index in [-0.39, 0.29) is 19.0 Å². The van der Waals surface area contributed by atoms with Gasteiger partial charge < -0.3 is 20.1 Å². The van der Waals surface area contributed by atoms with Crippen molar-refractivity contribution in [1.82, 2.24) is 5.32 Å². The molecule has 136 valence electrons. The Balaban J connectivity index is 1.62. The Labute approximate surface area is 150 Å². The van der Waals surface area contributed by atoms with Gasteiger partial charge in [-0.1, -0.05) is 18.2 Å². The zero-order valence-electron chi connectivity index (χ0n) is 14.5. The minimum atomic E-state index is -1.38. The minimum absolute atomic E-state index is 0.0362. The number of fused-ring (bicyclic) bond motifs is 1. The molecular weight excluding hydrogens is 339 g/mol. The molecular formula is C19H19FN2O4. The van der Waals surface area contributed by atoms with Crippen molar-refractivity contribution in [2.24, 2.45) is 5.41 Å². The van der Waals surface area contributed by atoms with Crippen molar-refractivity contribution >= 4 is 17.5 Å². The summed E-state index contributed by atoms with van der Waals surface area (Å²) in [5.74, 6) is -0.342. The van der Waals surface area contributed by atoms with Crippen LogP contribution in [0.5, 0.6) is 11.5 Å². The van der Waals surface area contributed by atoms with Crippen molar-refractivity contribution in [1.29, 1.82) is 0 Å². The maximum atomic E-state index is 13.7. The van der Waals surface area contributed by atoms with Crippen LogP contribution in [0.1, 0.15) is 19.4 Å². The van der Waals surface area contributed by atoms with Crippen LogP contribution in [0.15, 0.2) is 42.5 Å². The Morgan fingerprint density at radius 3 is 2.58 bits per heavy atom. The Morgan fingerprint density at radius 1 is 1.08 bits per heavy atom.